The molecule has 0 atom stereocenters. The molecule has 24 heavy (non-hydrogen) atoms. The molecular formula is C17H20F3N3O. The van der Waals surface area contributed by atoms with Gasteiger partial charge in [-0.15, -0.1) is 0 Å². The Morgan fingerprint density at radius 2 is 1.75 bits per heavy atom. The Hall–Kier alpha value is -1.89. The van der Waals surface area contributed by atoms with Gasteiger partial charge in [-0.25, -0.2) is 0 Å². The molecule has 1 aliphatic rings. The van der Waals surface area contributed by atoms with Crippen LogP contribution in [0.3, 0.4) is 0 Å². The van der Waals surface area contributed by atoms with Gasteiger partial charge >= 0.3 is 6.18 Å². The first kappa shape index (κ1) is 17.0. The van der Waals surface area contributed by atoms with Gasteiger partial charge in [0.2, 0.25) is 11.7 Å². The highest BCUT2D eigenvalue weighted by Crippen LogP contribution is 2.30. The van der Waals surface area contributed by atoms with Crippen molar-refractivity contribution in [2.45, 2.75) is 38.3 Å². The van der Waals surface area contributed by atoms with Gasteiger partial charge in [0.15, 0.2) is 0 Å². The molecule has 0 spiro atoms. The Bertz CT molecular complexity index is 646. The Labute approximate surface area is 138 Å². The predicted octanol–water partition coefficient (Wildman–Crippen LogP) is 4.17. The van der Waals surface area contributed by atoms with E-state index in [2.05, 4.69) is 15.0 Å². The number of benzene rings is 1. The number of hydrogen-bond acceptors (Lipinski definition) is 4. The number of rotatable bonds is 5. The van der Waals surface area contributed by atoms with Crippen LogP contribution >= 0.6 is 0 Å². The zero-order valence-electron chi connectivity index (χ0n) is 13.4. The molecule has 1 saturated heterocycles. The number of halogens is 3. The summed E-state index contributed by atoms with van der Waals surface area (Å²) in [7, 11) is 0. The van der Waals surface area contributed by atoms with E-state index in [4.69, 9.17) is 4.52 Å². The lowest BCUT2D eigenvalue weighted by Gasteiger charge is -2.25. The molecular weight excluding hydrogens is 319 g/mol. The summed E-state index contributed by atoms with van der Waals surface area (Å²) >= 11 is 0. The largest absolute Gasteiger partial charge is 0.416 e. The number of piperidine rings is 1. The van der Waals surface area contributed by atoms with Gasteiger partial charge in [0.1, 0.15) is 0 Å². The van der Waals surface area contributed by atoms with E-state index in [1.165, 1.54) is 31.4 Å². The standard InChI is InChI=1S/C17H20F3N3O/c18-17(19,20)14-8-6-13(7-9-14)16-21-15(24-22-16)5-4-12-23-10-2-1-3-11-23/h6-9H,1-5,10-12H2. The van der Waals surface area contributed by atoms with Gasteiger partial charge in [-0.3, -0.25) is 0 Å². The van der Waals surface area contributed by atoms with Gasteiger partial charge < -0.3 is 9.42 Å². The fourth-order valence-electron chi connectivity index (χ4n) is 2.92. The van der Waals surface area contributed by atoms with Crippen LogP contribution in [0.4, 0.5) is 13.2 Å². The average molecular weight is 339 g/mol. The maximum Gasteiger partial charge on any atom is 0.416 e. The van der Waals surface area contributed by atoms with Crippen LogP contribution in [0.2, 0.25) is 0 Å². The third kappa shape index (κ3) is 4.35. The molecule has 0 aliphatic carbocycles. The molecule has 7 heteroatoms. The van der Waals surface area contributed by atoms with Gasteiger partial charge in [-0.05, 0) is 51.0 Å². The first-order valence-electron chi connectivity index (χ1n) is 8.25. The van der Waals surface area contributed by atoms with E-state index in [1.807, 2.05) is 0 Å². The summed E-state index contributed by atoms with van der Waals surface area (Å²) in [6, 6.07) is 4.79. The predicted molar refractivity (Wildman–Crippen MR) is 83.3 cm³/mol. The van der Waals surface area contributed by atoms with Crippen molar-refractivity contribution in [3.05, 3.63) is 35.7 Å². The van der Waals surface area contributed by atoms with Gasteiger partial charge in [0.05, 0.1) is 5.56 Å². The van der Waals surface area contributed by atoms with Crippen LogP contribution in [0.1, 0.15) is 37.1 Å². The van der Waals surface area contributed by atoms with Gasteiger partial charge in [0.25, 0.3) is 0 Å². The second-order valence-corrected chi connectivity index (χ2v) is 6.09. The molecule has 0 amide bonds. The lowest BCUT2D eigenvalue weighted by atomic mass is 10.1. The number of aryl methyl sites for hydroxylation is 1. The van der Waals surface area contributed by atoms with E-state index in [9.17, 15) is 13.2 Å². The van der Waals surface area contributed by atoms with E-state index < -0.39 is 11.7 Å². The zero-order chi connectivity index (χ0) is 17.0. The number of nitrogens with zero attached hydrogens (tertiary/aromatic N) is 3. The molecule has 1 aromatic carbocycles. The van der Waals surface area contributed by atoms with Crippen molar-refractivity contribution in [3.8, 4) is 11.4 Å². The van der Waals surface area contributed by atoms with Crippen molar-refractivity contribution in [3.63, 3.8) is 0 Å². The Kier molecular flexibility index (Phi) is 5.18. The summed E-state index contributed by atoms with van der Waals surface area (Å²) in [4.78, 5) is 6.72. The first-order valence-corrected chi connectivity index (χ1v) is 8.25. The second-order valence-electron chi connectivity index (χ2n) is 6.09. The van der Waals surface area contributed by atoms with Crippen LogP contribution in [0.5, 0.6) is 0 Å². The van der Waals surface area contributed by atoms with Crippen molar-refractivity contribution in [2.24, 2.45) is 0 Å². The van der Waals surface area contributed by atoms with Crippen LogP contribution in [0.15, 0.2) is 28.8 Å². The molecule has 1 aromatic heterocycles. The van der Waals surface area contributed by atoms with Crippen LogP contribution < -0.4 is 0 Å². The third-order valence-electron chi connectivity index (χ3n) is 4.25. The summed E-state index contributed by atoms with van der Waals surface area (Å²) < 4.78 is 42.9. The van der Waals surface area contributed by atoms with Crippen molar-refractivity contribution in [1.82, 2.24) is 15.0 Å². The minimum Gasteiger partial charge on any atom is -0.339 e. The molecule has 3 rings (SSSR count). The molecule has 2 heterocycles. The molecule has 0 radical (unpaired) electrons. The monoisotopic (exact) mass is 339 g/mol. The summed E-state index contributed by atoms with van der Waals surface area (Å²) in [5, 5.41) is 3.86. The number of likely N-dealkylation sites (tertiary alicyclic amines) is 1. The number of hydrogen-bond donors (Lipinski definition) is 0. The van der Waals surface area contributed by atoms with Gasteiger partial charge in [-0.1, -0.05) is 23.7 Å². The third-order valence-corrected chi connectivity index (χ3v) is 4.25. The molecule has 1 aliphatic heterocycles. The SMILES string of the molecule is FC(F)(F)c1ccc(-c2noc(CCCN3CCCCC3)n2)cc1. The lowest BCUT2D eigenvalue weighted by molar-refractivity contribution is -0.137. The van der Waals surface area contributed by atoms with E-state index in [1.54, 1.807) is 0 Å². The van der Waals surface area contributed by atoms with E-state index >= 15 is 0 Å². The molecule has 0 N–H and O–H groups in total. The summed E-state index contributed by atoms with van der Waals surface area (Å²) in [6.45, 7) is 3.32. The Morgan fingerprint density at radius 1 is 1.04 bits per heavy atom. The number of aromatic nitrogens is 2. The fraction of sp³-hybridized carbons (Fsp3) is 0.529. The first-order chi connectivity index (χ1) is 11.5. The molecule has 0 unspecified atom stereocenters. The average Bonchev–Trinajstić information content (AvgIpc) is 3.04. The summed E-state index contributed by atoms with van der Waals surface area (Å²) in [6.07, 6.45) is 1.13. The molecule has 1 fully saturated rings. The second kappa shape index (κ2) is 7.34. The number of alkyl halides is 3. The maximum absolute atomic E-state index is 12.6. The summed E-state index contributed by atoms with van der Waals surface area (Å²) in [5.74, 6) is 0.860. The molecule has 0 bridgehead atoms. The van der Waals surface area contributed by atoms with Crippen LogP contribution in [-0.2, 0) is 12.6 Å². The minimum absolute atomic E-state index is 0.330. The highest BCUT2D eigenvalue weighted by atomic mass is 19.4. The van der Waals surface area contributed by atoms with Crippen LogP contribution in [0, 0.1) is 0 Å². The molecule has 130 valence electrons. The van der Waals surface area contributed by atoms with Crippen molar-refractivity contribution >= 4 is 0 Å². The quantitative estimate of drug-likeness (QED) is 0.820. The van der Waals surface area contributed by atoms with E-state index in [0.717, 1.165) is 38.2 Å². The highest BCUT2D eigenvalue weighted by Gasteiger charge is 2.30. The van der Waals surface area contributed by atoms with E-state index in [0.29, 0.717) is 23.7 Å². The van der Waals surface area contributed by atoms with Crippen LogP contribution in [0.25, 0.3) is 11.4 Å². The zero-order valence-corrected chi connectivity index (χ0v) is 13.4. The fourth-order valence-corrected chi connectivity index (χ4v) is 2.92. The summed E-state index contributed by atoms with van der Waals surface area (Å²) in [5.41, 5.74) is -0.162. The van der Waals surface area contributed by atoms with Gasteiger partial charge in [-0.2, -0.15) is 18.2 Å². The van der Waals surface area contributed by atoms with Crippen molar-refractivity contribution in [2.75, 3.05) is 19.6 Å². The minimum atomic E-state index is -4.34. The van der Waals surface area contributed by atoms with E-state index in [-0.39, 0.29) is 0 Å². The Balaban J connectivity index is 1.55. The molecule has 2 aromatic rings. The normalized spacial score (nSPS) is 16.5. The molecule has 0 saturated carbocycles. The molecule has 4 nitrogen and oxygen atoms in total. The topological polar surface area (TPSA) is 42.2 Å². The van der Waals surface area contributed by atoms with Crippen molar-refractivity contribution in [1.29, 1.82) is 0 Å². The maximum atomic E-state index is 12.6. The van der Waals surface area contributed by atoms with Crippen LogP contribution in [-0.4, -0.2) is 34.7 Å². The highest BCUT2D eigenvalue weighted by molar-refractivity contribution is 5.54. The Morgan fingerprint density at radius 3 is 2.42 bits per heavy atom. The van der Waals surface area contributed by atoms with Crippen molar-refractivity contribution < 1.29 is 17.7 Å². The van der Waals surface area contributed by atoms with Gasteiger partial charge in [0, 0.05) is 12.0 Å². The smallest absolute Gasteiger partial charge is 0.339 e. The lowest BCUT2D eigenvalue weighted by Crippen LogP contribution is -2.30.